The largest absolute Gasteiger partial charge is 0.494 e. The highest BCUT2D eigenvalue weighted by atomic mass is 35.5. The highest BCUT2D eigenvalue weighted by molar-refractivity contribution is 6.30. The van der Waals surface area contributed by atoms with Gasteiger partial charge >= 0.3 is 5.97 Å². The van der Waals surface area contributed by atoms with Crippen molar-refractivity contribution in [2.24, 2.45) is 5.10 Å². The van der Waals surface area contributed by atoms with Crippen molar-refractivity contribution in [2.75, 3.05) is 6.61 Å². The molecule has 164 valence electrons. The number of hydrazone groups is 1. The number of carbonyl (C=O) groups excluding carboxylic acids is 2. The summed E-state index contributed by atoms with van der Waals surface area (Å²) in [6, 6.07) is 20.1. The van der Waals surface area contributed by atoms with Gasteiger partial charge in [-0.05, 0) is 72.6 Å². The molecule has 3 rings (SSSR count). The van der Waals surface area contributed by atoms with E-state index in [-0.39, 0.29) is 5.91 Å². The number of halogens is 1. The monoisotopic (exact) mass is 450 g/mol. The van der Waals surface area contributed by atoms with Gasteiger partial charge in [0.15, 0.2) is 0 Å². The second kappa shape index (κ2) is 11.7. The molecule has 3 aromatic carbocycles. The van der Waals surface area contributed by atoms with Crippen LogP contribution in [0.3, 0.4) is 0 Å². The molecule has 7 heteroatoms. The zero-order valence-electron chi connectivity index (χ0n) is 17.6. The molecule has 0 radical (unpaired) electrons. The van der Waals surface area contributed by atoms with Crippen LogP contribution in [0.4, 0.5) is 0 Å². The van der Waals surface area contributed by atoms with E-state index in [0.29, 0.717) is 34.1 Å². The molecule has 0 spiro atoms. The first kappa shape index (κ1) is 23.0. The second-order valence-corrected chi connectivity index (χ2v) is 7.33. The molecular formula is C25H23ClN2O4. The lowest BCUT2D eigenvalue weighted by atomic mass is 10.2. The molecule has 1 amide bonds. The number of benzene rings is 3. The van der Waals surface area contributed by atoms with Crippen molar-refractivity contribution in [1.29, 1.82) is 0 Å². The summed E-state index contributed by atoms with van der Waals surface area (Å²) in [5, 5.41) is 4.52. The average Bonchev–Trinajstić information content (AvgIpc) is 2.80. The van der Waals surface area contributed by atoms with Gasteiger partial charge in [0.05, 0.1) is 18.4 Å². The Kier molecular flexibility index (Phi) is 8.40. The summed E-state index contributed by atoms with van der Waals surface area (Å²) < 4.78 is 11.0. The summed E-state index contributed by atoms with van der Waals surface area (Å²) in [6.07, 6.45) is 3.52. The average molecular weight is 451 g/mol. The molecule has 0 aliphatic carbocycles. The van der Waals surface area contributed by atoms with Crippen molar-refractivity contribution in [3.63, 3.8) is 0 Å². The fourth-order valence-corrected chi connectivity index (χ4v) is 2.80. The lowest BCUT2D eigenvalue weighted by Gasteiger charge is -2.06. The Bertz CT molecular complexity index is 1080. The van der Waals surface area contributed by atoms with E-state index >= 15 is 0 Å². The number of hydrogen-bond acceptors (Lipinski definition) is 5. The summed E-state index contributed by atoms with van der Waals surface area (Å²) in [6.45, 7) is 2.75. The molecule has 3 aromatic rings. The molecule has 0 unspecified atom stereocenters. The van der Waals surface area contributed by atoms with E-state index in [1.54, 1.807) is 72.8 Å². The van der Waals surface area contributed by atoms with Gasteiger partial charge in [0, 0.05) is 10.6 Å². The van der Waals surface area contributed by atoms with Gasteiger partial charge in [-0.15, -0.1) is 0 Å². The SMILES string of the molecule is CCCCOc1ccc(C(=O)N/N=C\c2cccc(OC(=O)c3ccc(Cl)cc3)c2)cc1. The summed E-state index contributed by atoms with van der Waals surface area (Å²) >= 11 is 5.84. The predicted octanol–water partition coefficient (Wildman–Crippen LogP) is 5.50. The number of rotatable bonds is 9. The number of carbonyl (C=O) groups is 2. The highest BCUT2D eigenvalue weighted by Crippen LogP contribution is 2.16. The number of unbranched alkanes of at least 4 members (excludes halogenated alkanes) is 1. The van der Waals surface area contributed by atoms with Gasteiger partial charge < -0.3 is 9.47 Å². The highest BCUT2D eigenvalue weighted by Gasteiger charge is 2.09. The third-order valence-electron chi connectivity index (χ3n) is 4.41. The maximum Gasteiger partial charge on any atom is 0.343 e. The zero-order valence-corrected chi connectivity index (χ0v) is 18.3. The number of ether oxygens (including phenoxy) is 2. The number of esters is 1. The maximum absolute atomic E-state index is 12.3. The normalized spacial score (nSPS) is 10.7. The Labute approximate surface area is 191 Å². The van der Waals surface area contributed by atoms with E-state index in [4.69, 9.17) is 21.1 Å². The summed E-state index contributed by atoms with van der Waals surface area (Å²) in [5.74, 6) is 0.250. The van der Waals surface area contributed by atoms with Gasteiger partial charge in [0.2, 0.25) is 0 Å². The van der Waals surface area contributed by atoms with E-state index in [1.165, 1.54) is 6.21 Å². The molecule has 0 saturated carbocycles. The lowest BCUT2D eigenvalue weighted by Crippen LogP contribution is -2.17. The molecule has 6 nitrogen and oxygen atoms in total. The number of hydrogen-bond donors (Lipinski definition) is 1. The Morgan fingerprint density at radius 2 is 1.69 bits per heavy atom. The molecule has 0 aromatic heterocycles. The van der Waals surface area contributed by atoms with Gasteiger partial charge in [-0.25, -0.2) is 10.2 Å². The Morgan fingerprint density at radius 1 is 0.969 bits per heavy atom. The minimum Gasteiger partial charge on any atom is -0.494 e. The lowest BCUT2D eigenvalue weighted by molar-refractivity contribution is 0.0734. The van der Waals surface area contributed by atoms with Gasteiger partial charge in [-0.1, -0.05) is 37.1 Å². The van der Waals surface area contributed by atoms with E-state index in [2.05, 4.69) is 17.5 Å². The van der Waals surface area contributed by atoms with Crippen LogP contribution in [0.2, 0.25) is 5.02 Å². The Hall–Kier alpha value is -3.64. The molecule has 32 heavy (non-hydrogen) atoms. The number of nitrogens with zero attached hydrogens (tertiary/aromatic N) is 1. The molecular weight excluding hydrogens is 428 g/mol. The van der Waals surface area contributed by atoms with Crippen molar-refractivity contribution in [3.05, 3.63) is 94.5 Å². The molecule has 0 fully saturated rings. The second-order valence-electron chi connectivity index (χ2n) is 6.89. The standard InChI is InChI=1S/C25H23ClN2O4/c1-2-3-15-31-22-13-9-19(10-14-22)24(29)28-27-17-18-5-4-6-23(16-18)32-25(30)20-7-11-21(26)12-8-20/h4-14,16-17H,2-3,15H2,1H3,(H,28,29)/b27-17-. The van der Waals surface area contributed by atoms with Gasteiger partial charge in [-0.2, -0.15) is 5.10 Å². The van der Waals surface area contributed by atoms with Gasteiger partial charge in [0.25, 0.3) is 5.91 Å². The summed E-state index contributed by atoms with van der Waals surface area (Å²) in [5.41, 5.74) is 4.00. The molecule has 0 saturated heterocycles. The predicted molar refractivity (Wildman–Crippen MR) is 125 cm³/mol. The van der Waals surface area contributed by atoms with E-state index in [0.717, 1.165) is 18.6 Å². The van der Waals surface area contributed by atoms with Crippen LogP contribution in [0, 0.1) is 0 Å². The van der Waals surface area contributed by atoms with Crippen LogP contribution < -0.4 is 14.9 Å². The summed E-state index contributed by atoms with van der Waals surface area (Å²) in [4.78, 5) is 24.5. The minimum atomic E-state index is -0.494. The van der Waals surface area contributed by atoms with Crippen LogP contribution in [0.25, 0.3) is 0 Å². The molecule has 0 aliphatic heterocycles. The first-order valence-electron chi connectivity index (χ1n) is 10.2. The van der Waals surface area contributed by atoms with Crippen LogP contribution in [-0.4, -0.2) is 24.7 Å². The number of amides is 1. The first-order valence-corrected chi connectivity index (χ1v) is 10.6. The maximum atomic E-state index is 12.3. The fraction of sp³-hybridized carbons (Fsp3) is 0.160. The molecule has 0 atom stereocenters. The zero-order chi connectivity index (χ0) is 22.8. The van der Waals surface area contributed by atoms with Crippen LogP contribution in [0.1, 0.15) is 46.0 Å². The summed E-state index contributed by atoms with van der Waals surface area (Å²) in [7, 11) is 0. The quantitative estimate of drug-likeness (QED) is 0.153. The van der Waals surface area contributed by atoms with Crippen LogP contribution in [0.15, 0.2) is 77.9 Å². The van der Waals surface area contributed by atoms with E-state index < -0.39 is 5.97 Å². The van der Waals surface area contributed by atoms with Crippen molar-refractivity contribution in [2.45, 2.75) is 19.8 Å². The van der Waals surface area contributed by atoms with Crippen molar-refractivity contribution >= 4 is 29.7 Å². The van der Waals surface area contributed by atoms with Crippen molar-refractivity contribution in [3.8, 4) is 11.5 Å². The Balaban J connectivity index is 1.54. The van der Waals surface area contributed by atoms with Gasteiger partial charge in [-0.3, -0.25) is 4.79 Å². The number of nitrogens with one attached hydrogen (secondary N) is 1. The molecule has 0 heterocycles. The van der Waals surface area contributed by atoms with Crippen molar-refractivity contribution in [1.82, 2.24) is 5.43 Å². The van der Waals surface area contributed by atoms with E-state index in [9.17, 15) is 9.59 Å². The Morgan fingerprint density at radius 3 is 2.41 bits per heavy atom. The fourth-order valence-electron chi connectivity index (χ4n) is 2.68. The van der Waals surface area contributed by atoms with Gasteiger partial charge in [0.1, 0.15) is 11.5 Å². The molecule has 1 N–H and O–H groups in total. The molecule has 0 bridgehead atoms. The third kappa shape index (κ3) is 6.96. The van der Waals surface area contributed by atoms with Crippen LogP contribution in [0.5, 0.6) is 11.5 Å². The van der Waals surface area contributed by atoms with Crippen molar-refractivity contribution < 1.29 is 19.1 Å². The first-order chi connectivity index (χ1) is 15.5. The smallest absolute Gasteiger partial charge is 0.343 e. The van der Waals surface area contributed by atoms with Crippen LogP contribution in [-0.2, 0) is 0 Å². The van der Waals surface area contributed by atoms with Crippen LogP contribution >= 0.6 is 11.6 Å². The minimum absolute atomic E-state index is 0.341. The molecule has 0 aliphatic rings. The van der Waals surface area contributed by atoms with E-state index in [1.807, 2.05) is 0 Å². The third-order valence-corrected chi connectivity index (χ3v) is 4.66. The topological polar surface area (TPSA) is 77.0 Å².